The molecule has 0 saturated heterocycles. The van der Waals surface area contributed by atoms with Crippen LogP contribution in [0.15, 0.2) is 18.2 Å². The van der Waals surface area contributed by atoms with Crippen LogP contribution in [-0.4, -0.2) is 21.7 Å². The van der Waals surface area contributed by atoms with Crippen molar-refractivity contribution in [3.8, 4) is 5.75 Å². The number of hydrogen-bond donors (Lipinski definition) is 2. The topological polar surface area (TPSA) is 40.5 Å². The Morgan fingerprint density at radius 3 is 2.70 bits per heavy atom. The molecule has 3 aliphatic rings. The van der Waals surface area contributed by atoms with Crippen LogP contribution in [0.2, 0.25) is 0 Å². The highest BCUT2D eigenvalue weighted by Gasteiger charge is 2.60. The number of aromatic hydroxyl groups is 1. The summed E-state index contributed by atoms with van der Waals surface area (Å²) in [6.45, 7) is 4.44. The zero-order chi connectivity index (χ0) is 19.2. The highest BCUT2D eigenvalue weighted by atomic mass is 35.5. The molecular formula is C24H35ClO2. The molecule has 1 aromatic carbocycles. The predicted octanol–water partition coefficient (Wildman–Crippen LogP) is 6.02. The summed E-state index contributed by atoms with van der Waals surface area (Å²) in [5, 5.41) is 21.2. The lowest BCUT2D eigenvalue weighted by molar-refractivity contribution is -0.0988. The largest absolute Gasteiger partial charge is 0.508 e. The van der Waals surface area contributed by atoms with Gasteiger partial charge in [-0.2, -0.15) is 0 Å². The Kier molecular flexibility index (Phi) is 5.27. The van der Waals surface area contributed by atoms with Gasteiger partial charge in [-0.25, -0.2) is 0 Å². The molecule has 3 heteroatoms. The van der Waals surface area contributed by atoms with Crippen LogP contribution in [0, 0.1) is 23.2 Å². The van der Waals surface area contributed by atoms with Gasteiger partial charge < -0.3 is 10.2 Å². The van der Waals surface area contributed by atoms with Gasteiger partial charge in [0.05, 0.1) is 5.60 Å². The van der Waals surface area contributed by atoms with Crippen molar-refractivity contribution in [1.29, 1.82) is 0 Å². The summed E-state index contributed by atoms with van der Waals surface area (Å²) in [7, 11) is 0. The van der Waals surface area contributed by atoms with Gasteiger partial charge in [-0.05, 0) is 104 Å². The van der Waals surface area contributed by atoms with E-state index in [9.17, 15) is 10.2 Å². The third-order valence-electron chi connectivity index (χ3n) is 8.66. The number of halogens is 1. The molecule has 0 aromatic heterocycles. The van der Waals surface area contributed by atoms with E-state index in [0.717, 1.165) is 38.0 Å². The fourth-order valence-corrected chi connectivity index (χ4v) is 7.17. The van der Waals surface area contributed by atoms with Gasteiger partial charge in [0.25, 0.3) is 0 Å². The van der Waals surface area contributed by atoms with Gasteiger partial charge in [0.15, 0.2) is 0 Å². The van der Waals surface area contributed by atoms with Crippen LogP contribution in [-0.2, 0) is 6.42 Å². The standard InChI is InChI=1S/C24H35ClO2/c1-23-11-9-20-19-8-7-18(26)15-17(19)14-16(6-4-3-5-13-25)22(20)21(23)10-12-24(23,2)27/h7-8,15-16,20-22,26-27H,3-6,9-14H2,1-2H3/t16-,20-,21+,22-,23+,24+/m1/s1. The number of benzene rings is 1. The molecule has 4 rings (SSSR count). The Morgan fingerprint density at radius 1 is 1.11 bits per heavy atom. The number of alkyl halides is 1. The van der Waals surface area contributed by atoms with Crippen LogP contribution in [0.3, 0.4) is 0 Å². The van der Waals surface area contributed by atoms with Gasteiger partial charge in [0.1, 0.15) is 5.75 Å². The zero-order valence-electron chi connectivity index (χ0n) is 16.9. The fraction of sp³-hybridized carbons (Fsp3) is 0.750. The number of phenols is 1. The molecule has 0 bridgehead atoms. The number of unbranched alkanes of at least 4 members (excludes halogenated alkanes) is 2. The van der Waals surface area contributed by atoms with E-state index in [1.54, 1.807) is 0 Å². The Morgan fingerprint density at radius 2 is 1.93 bits per heavy atom. The molecule has 150 valence electrons. The first-order chi connectivity index (χ1) is 12.9. The SMILES string of the molecule is C[C@]1(O)CC[C@H]2[C@@H]3[C@H](CCCCCCl)Cc4cc(O)ccc4[C@H]3CC[C@@]21C. The Bertz CT molecular complexity index is 685. The quantitative estimate of drug-likeness (QED) is 0.476. The van der Waals surface area contributed by atoms with E-state index in [1.807, 2.05) is 12.1 Å². The van der Waals surface area contributed by atoms with Gasteiger partial charge in [-0.15, -0.1) is 11.6 Å². The van der Waals surface area contributed by atoms with E-state index in [-0.39, 0.29) is 5.41 Å². The van der Waals surface area contributed by atoms with Crippen molar-refractivity contribution >= 4 is 11.6 Å². The first kappa shape index (κ1) is 19.6. The molecule has 1 aromatic rings. The molecule has 0 radical (unpaired) electrons. The lowest BCUT2D eigenvalue weighted by atomic mass is 9.50. The smallest absolute Gasteiger partial charge is 0.115 e. The highest BCUT2D eigenvalue weighted by molar-refractivity contribution is 6.17. The van der Waals surface area contributed by atoms with Gasteiger partial charge in [-0.3, -0.25) is 0 Å². The third-order valence-corrected chi connectivity index (χ3v) is 8.92. The number of rotatable bonds is 5. The fourth-order valence-electron chi connectivity index (χ4n) is 6.98. The molecule has 27 heavy (non-hydrogen) atoms. The number of phenolic OH excluding ortho intramolecular Hbond substituents is 1. The van der Waals surface area contributed by atoms with Crippen molar-refractivity contribution < 1.29 is 10.2 Å². The van der Waals surface area contributed by atoms with Gasteiger partial charge in [0.2, 0.25) is 0 Å². The highest BCUT2D eigenvalue weighted by Crippen LogP contribution is 2.65. The van der Waals surface area contributed by atoms with Crippen LogP contribution in [0.1, 0.15) is 82.3 Å². The second-order valence-electron chi connectivity index (χ2n) is 9.94. The molecule has 3 aliphatic carbocycles. The van der Waals surface area contributed by atoms with Crippen molar-refractivity contribution in [1.82, 2.24) is 0 Å². The molecule has 2 N–H and O–H groups in total. The predicted molar refractivity (Wildman–Crippen MR) is 111 cm³/mol. The van der Waals surface area contributed by atoms with E-state index in [0.29, 0.717) is 29.4 Å². The lowest BCUT2D eigenvalue weighted by Gasteiger charge is -2.55. The van der Waals surface area contributed by atoms with Crippen LogP contribution in [0.25, 0.3) is 0 Å². The van der Waals surface area contributed by atoms with Gasteiger partial charge in [-0.1, -0.05) is 25.8 Å². The van der Waals surface area contributed by atoms with Crippen LogP contribution >= 0.6 is 11.6 Å². The van der Waals surface area contributed by atoms with Crippen molar-refractivity contribution in [2.24, 2.45) is 23.2 Å². The average Bonchev–Trinajstić information content (AvgIpc) is 2.87. The minimum Gasteiger partial charge on any atom is -0.508 e. The summed E-state index contributed by atoms with van der Waals surface area (Å²) < 4.78 is 0. The second-order valence-corrected chi connectivity index (χ2v) is 10.3. The molecule has 0 heterocycles. The molecule has 2 saturated carbocycles. The van der Waals surface area contributed by atoms with Crippen molar-refractivity contribution in [3.05, 3.63) is 29.3 Å². The summed E-state index contributed by atoms with van der Waals surface area (Å²) in [6, 6.07) is 6.06. The summed E-state index contributed by atoms with van der Waals surface area (Å²) in [5.74, 6) is 3.71. The first-order valence-electron chi connectivity index (χ1n) is 11.0. The number of hydrogen-bond acceptors (Lipinski definition) is 2. The maximum absolute atomic E-state index is 11.2. The van der Waals surface area contributed by atoms with Crippen LogP contribution in [0.5, 0.6) is 5.75 Å². The molecular weight excluding hydrogens is 356 g/mol. The molecule has 0 spiro atoms. The lowest BCUT2D eigenvalue weighted by Crippen LogP contribution is -2.51. The average molecular weight is 391 g/mol. The number of fused-ring (bicyclic) bond motifs is 5. The minimum absolute atomic E-state index is 0.0526. The monoisotopic (exact) mass is 390 g/mol. The molecule has 2 nitrogen and oxygen atoms in total. The van der Waals surface area contributed by atoms with Crippen molar-refractivity contribution in [2.45, 2.75) is 83.2 Å². The molecule has 0 amide bonds. The van der Waals surface area contributed by atoms with E-state index in [1.165, 1.54) is 36.8 Å². The second kappa shape index (κ2) is 7.26. The van der Waals surface area contributed by atoms with E-state index < -0.39 is 5.60 Å². The van der Waals surface area contributed by atoms with Crippen LogP contribution in [0.4, 0.5) is 0 Å². The maximum Gasteiger partial charge on any atom is 0.115 e. The van der Waals surface area contributed by atoms with E-state index >= 15 is 0 Å². The van der Waals surface area contributed by atoms with Crippen molar-refractivity contribution in [2.75, 3.05) is 5.88 Å². The van der Waals surface area contributed by atoms with Gasteiger partial charge >= 0.3 is 0 Å². The molecule has 0 unspecified atom stereocenters. The normalized spacial score (nSPS) is 40.3. The first-order valence-corrected chi connectivity index (χ1v) is 11.5. The molecule has 0 aliphatic heterocycles. The zero-order valence-corrected chi connectivity index (χ0v) is 17.6. The summed E-state index contributed by atoms with van der Waals surface area (Å²) >= 11 is 5.89. The summed E-state index contributed by atoms with van der Waals surface area (Å²) in [4.78, 5) is 0. The van der Waals surface area contributed by atoms with Gasteiger partial charge in [0, 0.05) is 5.88 Å². The van der Waals surface area contributed by atoms with E-state index in [4.69, 9.17) is 11.6 Å². The number of aliphatic hydroxyl groups is 1. The summed E-state index contributed by atoms with van der Waals surface area (Å²) in [5.41, 5.74) is 2.37. The Hall–Kier alpha value is -0.730. The Balaban J connectivity index is 1.66. The summed E-state index contributed by atoms with van der Waals surface area (Å²) in [6.07, 6.45) is 10.3. The molecule has 2 fully saturated rings. The Labute approximate surface area is 169 Å². The maximum atomic E-state index is 11.2. The minimum atomic E-state index is -0.527. The van der Waals surface area contributed by atoms with Crippen molar-refractivity contribution in [3.63, 3.8) is 0 Å². The van der Waals surface area contributed by atoms with Crippen LogP contribution < -0.4 is 0 Å². The van der Waals surface area contributed by atoms with E-state index in [2.05, 4.69) is 19.9 Å². The molecule has 6 atom stereocenters. The third kappa shape index (κ3) is 3.21.